The number of amides is 1. The van der Waals surface area contributed by atoms with E-state index in [2.05, 4.69) is 0 Å². The van der Waals surface area contributed by atoms with Gasteiger partial charge in [0.15, 0.2) is 0 Å². The van der Waals surface area contributed by atoms with Gasteiger partial charge in [-0.3, -0.25) is 9.59 Å². The van der Waals surface area contributed by atoms with Crippen molar-refractivity contribution in [1.29, 1.82) is 0 Å². The van der Waals surface area contributed by atoms with Crippen molar-refractivity contribution >= 4 is 11.9 Å². The van der Waals surface area contributed by atoms with Crippen LogP contribution < -0.4 is 0 Å². The van der Waals surface area contributed by atoms with Gasteiger partial charge in [0, 0.05) is 13.1 Å². The Morgan fingerprint density at radius 1 is 1.30 bits per heavy atom. The van der Waals surface area contributed by atoms with Crippen LogP contribution in [0.3, 0.4) is 0 Å². The van der Waals surface area contributed by atoms with Crippen LogP contribution in [0, 0.1) is 24.0 Å². The van der Waals surface area contributed by atoms with Crippen molar-refractivity contribution in [2.24, 2.45) is 5.41 Å². The van der Waals surface area contributed by atoms with Crippen LogP contribution in [0.4, 0.5) is 8.78 Å². The molecule has 6 heteroatoms. The minimum Gasteiger partial charge on any atom is -0.481 e. The summed E-state index contributed by atoms with van der Waals surface area (Å²) in [4.78, 5) is 24.5. The van der Waals surface area contributed by atoms with Crippen LogP contribution in [0.2, 0.25) is 0 Å². The van der Waals surface area contributed by atoms with Crippen LogP contribution >= 0.6 is 0 Å². The van der Waals surface area contributed by atoms with Crippen LogP contribution in [0.15, 0.2) is 12.1 Å². The van der Waals surface area contributed by atoms with E-state index in [9.17, 15) is 18.4 Å². The van der Waals surface area contributed by atoms with Crippen molar-refractivity contribution in [3.8, 4) is 0 Å². The number of likely N-dealkylation sites (tertiary alicyclic amines) is 1. The van der Waals surface area contributed by atoms with Gasteiger partial charge in [0.05, 0.1) is 11.0 Å². The van der Waals surface area contributed by atoms with Gasteiger partial charge < -0.3 is 10.0 Å². The highest BCUT2D eigenvalue weighted by molar-refractivity contribution is 5.95. The fourth-order valence-corrected chi connectivity index (χ4v) is 2.29. The van der Waals surface area contributed by atoms with Crippen molar-refractivity contribution in [3.63, 3.8) is 0 Å². The molecule has 1 aliphatic rings. The first kappa shape index (κ1) is 14.4. The number of rotatable bonds is 2. The molecule has 1 unspecified atom stereocenters. The van der Waals surface area contributed by atoms with E-state index in [0.29, 0.717) is 6.42 Å². The molecule has 1 N–H and O–H groups in total. The molecule has 1 aromatic rings. The van der Waals surface area contributed by atoms with Crippen molar-refractivity contribution in [3.05, 3.63) is 34.9 Å². The number of aliphatic carboxylic acids is 1. The van der Waals surface area contributed by atoms with Gasteiger partial charge in [-0.15, -0.1) is 0 Å². The molecule has 1 fully saturated rings. The monoisotopic (exact) mass is 283 g/mol. The maximum atomic E-state index is 13.8. The van der Waals surface area contributed by atoms with Crippen molar-refractivity contribution in [2.75, 3.05) is 13.1 Å². The number of hydrogen-bond donors (Lipinski definition) is 1. The average molecular weight is 283 g/mol. The van der Waals surface area contributed by atoms with Gasteiger partial charge in [0.2, 0.25) is 0 Å². The lowest BCUT2D eigenvalue weighted by Gasteiger charge is -2.20. The Bertz CT molecular complexity index is 588. The zero-order chi connectivity index (χ0) is 15.1. The number of halogens is 2. The lowest BCUT2D eigenvalue weighted by atomic mass is 9.90. The predicted molar refractivity (Wildman–Crippen MR) is 67.4 cm³/mol. The molecule has 1 amide bonds. The van der Waals surface area contributed by atoms with Gasteiger partial charge in [-0.2, -0.15) is 0 Å². The maximum absolute atomic E-state index is 13.8. The standard InChI is InChI=1S/C14H15F2NO3/c1-8-5-11(16)9(6-10(8)15)12(18)17-4-3-14(2,7-17)13(19)20/h5-6H,3-4,7H2,1-2H3,(H,19,20). The zero-order valence-electron chi connectivity index (χ0n) is 11.2. The van der Waals surface area contributed by atoms with E-state index in [1.165, 1.54) is 18.7 Å². The van der Waals surface area contributed by atoms with Crippen molar-refractivity contribution < 1.29 is 23.5 Å². The Labute approximate surface area is 115 Å². The Morgan fingerprint density at radius 3 is 2.50 bits per heavy atom. The summed E-state index contributed by atoms with van der Waals surface area (Å²) >= 11 is 0. The zero-order valence-corrected chi connectivity index (χ0v) is 11.2. The van der Waals surface area contributed by atoms with Gasteiger partial charge in [-0.05, 0) is 38.0 Å². The fourth-order valence-electron chi connectivity index (χ4n) is 2.29. The highest BCUT2D eigenvalue weighted by Gasteiger charge is 2.42. The van der Waals surface area contributed by atoms with Gasteiger partial charge in [-0.25, -0.2) is 8.78 Å². The Kier molecular flexibility index (Phi) is 3.50. The molecule has 0 saturated carbocycles. The second-order valence-corrected chi connectivity index (χ2v) is 5.42. The fraction of sp³-hybridized carbons (Fsp3) is 0.429. The summed E-state index contributed by atoms with van der Waals surface area (Å²) in [7, 11) is 0. The number of carboxylic acids is 1. The van der Waals surface area contributed by atoms with Gasteiger partial charge >= 0.3 is 5.97 Å². The SMILES string of the molecule is Cc1cc(F)c(C(=O)N2CCC(C)(C(=O)O)C2)cc1F. The van der Waals surface area contributed by atoms with E-state index in [4.69, 9.17) is 5.11 Å². The van der Waals surface area contributed by atoms with Gasteiger partial charge in [0.1, 0.15) is 11.6 Å². The van der Waals surface area contributed by atoms with Crippen LogP contribution in [0.5, 0.6) is 0 Å². The molecule has 0 spiro atoms. The van der Waals surface area contributed by atoms with Gasteiger partial charge in [0.25, 0.3) is 5.91 Å². The summed E-state index contributed by atoms with van der Waals surface area (Å²) in [5, 5.41) is 9.11. The number of carboxylic acid groups (broad SMARTS) is 1. The quantitative estimate of drug-likeness (QED) is 0.905. The summed E-state index contributed by atoms with van der Waals surface area (Å²) in [6.45, 7) is 3.16. The number of aryl methyl sites for hydroxylation is 1. The number of nitrogens with zero attached hydrogens (tertiary/aromatic N) is 1. The van der Waals surface area contributed by atoms with E-state index < -0.39 is 28.9 Å². The van der Waals surface area contributed by atoms with E-state index in [1.54, 1.807) is 0 Å². The van der Waals surface area contributed by atoms with Crippen LogP contribution in [0.25, 0.3) is 0 Å². The minimum absolute atomic E-state index is 0.00387. The topological polar surface area (TPSA) is 57.6 Å². The molecule has 20 heavy (non-hydrogen) atoms. The summed E-state index contributed by atoms with van der Waals surface area (Å²) in [5.74, 6) is -3.12. The number of benzene rings is 1. The third-order valence-corrected chi connectivity index (χ3v) is 3.76. The van der Waals surface area contributed by atoms with E-state index in [0.717, 1.165) is 12.1 Å². The molecular weight excluding hydrogens is 268 g/mol. The summed E-state index contributed by atoms with van der Waals surface area (Å²) in [5.41, 5.74) is -1.27. The molecule has 1 saturated heterocycles. The molecule has 1 atom stereocenters. The molecular formula is C14H15F2NO3. The first-order chi connectivity index (χ1) is 9.24. The highest BCUT2D eigenvalue weighted by Crippen LogP contribution is 2.31. The molecule has 1 aliphatic heterocycles. The number of carbonyl (C=O) groups is 2. The molecule has 0 aliphatic carbocycles. The molecule has 0 radical (unpaired) electrons. The lowest BCUT2D eigenvalue weighted by Crippen LogP contribution is -2.35. The molecule has 1 heterocycles. The second-order valence-electron chi connectivity index (χ2n) is 5.42. The lowest BCUT2D eigenvalue weighted by molar-refractivity contribution is -0.147. The Balaban J connectivity index is 2.26. The number of hydrogen-bond acceptors (Lipinski definition) is 2. The van der Waals surface area contributed by atoms with E-state index >= 15 is 0 Å². The van der Waals surface area contributed by atoms with E-state index in [1.807, 2.05) is 0 Å². The smallest absolute Gasteiger partial charge is 0.311 e. The summed E-state index contributed by atoms with van der Waals surface area (Å²) in [6, 6.07) is 1.83. The minimum atomic E-state index is -1.03. The molecule has 0 bridgehead atoms. The van der Waals surface area contributed by atoms with E-state index in [-0.39, 0.29) is 24.2 Å². The third kappa shape index (κ3) is 2.37. The average Bonchev–Trinajstić information content (AvgIpc) is 2.77. The van der Waals surface area contributed by atoms with Crippen molar-refractivity contribution in [2.45, 2.75) is 20.3 Å². The first-order valence-electron chi connectivity index (χ1n) is 6.23. The largest absolute Gasteiger partial charge is 0.481 e. The first-order valence-corrected chi connectivity index (χ1v) is 6.23. The number of carbonyl (C=O) groups excluding carboxylic acids is 1. The molecule has 0 aromatic heterocycles. The summed E-state index contributed by atoms with van der Waals surface area (Å²) < 4.78 is 27.2. The van der Waals surface area contributed by atoms with Crippen molar-refractivity contribution in [1.82, 2.24) is 4.90 Å². The van der Waals surface area contributed by atoms with Crippen LogP contribution in [-0.4, -0.2) is 35.0 Å². The highest BCUT2D eigenvalue weighted by atomic mass is 19.1. The van der Waals surface area contributed by atoms with Crippen LogP contribution in [-0.2, 0) is 4.79 Å². The predicted octanol–water partition coefficient (Wildman–Crippen LogP) is 2.21. The third-order valence-electron chi connectivity index (χ3n) is 3.76. The molecule has 108 valence electrons. The second kappa shape index (κ2) is 4.85. The normalized spacial score (nSPS) is 22.1. The maximum Gasteiger partial charge on any atom is 0.311 e. The van der Waals surface area contributed by atoms with Gasteiger partial charge in [-0.1, -0.05) is 0 Å². The Morgan fingerprint density at radius 2 is 1.95 bits per heavy atom. The molecule has 4 nitrogen and oxygen atoms in total. The molecule has 2 rings (SSSR count). The molecule has 1 aromatic carbocycles. The summed E-state index contributed by atoms with van der Waals surface area (Å²) in [6.07, 6.45) is 0.296. The Hall–Kier alpha value is -1.98. The van der Waals surface area contributed by atoms with Crippen LogP contribution in [0.1, 0.15) is 29.3 Å².